The largest absolute Gasteiger partial charge is 0.314 e. The lowest BCUT2D eigenvalue weighted by molar-refractivity contribution is 1.16. The summed E-state index contributed by atoms with van der Waals surface area (Å²) in [5.41, 5.74) is 5.54. The van der Waals surface area contributed by atoms with Crippen LogP contribution in [0, 0.1) is 11.3 Å². The van der Waals surface area contributed by atoms with Gasteiger partial charge in [0.25, 0.3) is 0 Å². The molecule has 0 aliphatic carbocycles. The molecule has 0 saturated heterocycles. The zero-order valence-corrected chi connectivity index (χ0v) is 21.7. The van der Waals surface area contributed by atoms with Crippen molar-refractivity contribution in [2.45, 2.75) is 6.92 Å². The molecule has 0 atom stereocenters. The van der Waals surface area contributed by atoms with Crippen LogP contribution in [0.1, 0.15) is 6.92 Å². The molecule has 0 unspecified atom stereocenters. The summed E-state index contributed by atoms with van der Waals surface area (Å²) in [5, 5.41) is 15.0. The molecule has 0 amide bonds. The lowest BCUT2D eigenvalue weighted by atomic mass is 10.0. The fraction of sp³-hybridized carbons (Fsp3) is 0.0294. The summed E-state index contributed by atoms with van der Waals surface area (Å²) in [6.07, 6.45) is 1.61. The number of hydrogen-bond acceptors (Lipinski definition) is 2. The van der Waals surface area contributed by atoms with Crippen molar-refractivity contribution in [3.63, 3.8) is 0 Å². The molecule has 0 bridgehead atoms. The molecule has 2 nitrogen and oxygen atoms in total. The maximum absolute atomic E-state index is 9.44. The molecule has 1 heterocycles. The molecule has 0 N–H and O–H groups in total. The molecule has 3 heteroatoms. The van der Waals surface area contributed by atoms with Crippen LogP contribution >= 0.6 is 0 Å². The number of rotatable bonds is 5. The number of benzene rings is 5. The van der Waals surface area contributed by atoms with Gasteiger partial charge in [0, 0.05) is 23.1 Å². The van der Waals surface area contributed by atoms with E-state index >= 15 is 0 Å². The summed E-state index contributed by atoms with van der Waals surface area (Å²) in [4.78, 5) is 2.17. The highest BCUT2D eigenvalue weighted by molar-refractivity contribution is 7.22. The van der Waals surface area contributed by atoms with E-state index < -0.39 is 8.07 Å². The average molecular weight is 491 g/mol. The molecule has 0 radical (unpaired) electrons. The Bertz CT molecular complexity index is 1590. The van der Waals surface area contributed by atoms with Crippen molar-refractivity contribution in [3.05, 3.63) is 145 Å². The molecule has 176 valence electrons. The summed E-state index contributed by atoms with van der Waals surface area (Å²) < 4.78 is 0. The molecule has 0 saturated carbocycles. The minimum absolute atomic E-state index is 0.884. The van der Waals surface area contributed by atoms with Crippen molar-refractivity contribution in [1.29, 1.82) is 5.26 Å². The van der Waals surface area contributed by atoms with Gasteiger partial charge in [-0.3, -0.25) is 0 Å². The van der Waals surface area contributed by atoms with Crippen LogP contribution in [0.5, 0.6) is 0 Å². The molecule has 37 heavy (non-hydrogen) atoms. The maximum atomic E-state index is 9.44. The Balaban J connectivity index is 1.66. The van der Waals surface area contributed by atoms with Crippen molar-refractivity contribution in [2.75, 3.05) is 4.90 Å². The third-order valence-corrected chi connectivity index (χ3v) is 12.2. The first-order valence-electron chi connectivity index (χ1n) is 12.5. The fourth-order valence-electron chi connectivity index (χ4n) is 5.87. The SMILES string of the molecule is C/C(=C/C#N)N(c1ccccc1)c1ccc2c(c1)-c1ccccc1[Si]2(c1ccccc1)c1ccccc1. The van der Waals surface area contributed by atoms with E-state index in [1.54, 1.807) is 6.08 Å². The van der Waals surface area contributed by atoms with Gasteiger partial charge in [0.05, 0.1) is 6.07 Å². The van der Waals surface area contributed by atoms with E-state index in [1.807, 2.05) is 25.1 Å². The Hall–Kier alpha value is -4.65. The molecule has 0 aromatic heterocycles. The highest BCUT2D eigenvalue weighted by Gasteiger charge is 2.48. The van der Waals surface area contributed by atoms with Crippen LogP contribution in [0.3, 0.4) is 0 Å². The predicted molar refractivity (Wildman–Crippen MR) is 157 cm³/mol. The molecule has 0 fully saturated rings. The Morgan fingerprint density at radius 1 is 0.622 bits per heavy atom. The molecule has 5 aromatic carbocycles. The number of nitrogens with zero attached hydrogens (tertiary/aromatic N) is 2. The fourth-order valence-corrected chi connectivity index (χ4v) is 11.0. The van der Waals surface area contributed by atoms with E-state index in [-0.39, 0.29) is 0 Å². The van der Waals surface area contributed by atoms with Gasteiger partial charge in [0.1, 0.15) is 0 Å². The number of anilines is 2. The topological polar surface area (TPSA) is 27.0 Å². The van der Waals surface area contributed by atoms with Crippen molar-refractivity contribution in [1.82, 2.24) is 0 Å². The first-order valence-corrected chi connectivity index (χ1v) is 14.5. The monoisotopic (exact) mass is 490 g/mol. The van der Waals surface area contributed by atoms with E-state index in [9.17, 15) is 5.26 Å². The molecular formula is C34H26N2Si. The van der Waals surface area contributed by atoms with Crippen molar-refractivity contribution >= 4 is 40.2 Å². The number of fused-ring (bicyclic) bond motifs is 3. The Morgan fingerprint density at radius 2 is 1.16 bits per heavy atom. The molecule has 1 aliphatic heterocycles. The first-order chi connectivity index (χ1) is 18.2. The lowest BCUT2D eigenvalue weighted by Crippen LogP contribution is -2.72. The third kappa shape index (κ3) is 3.62. The minimum Gasteiger partial charge on any atom is -0.314 e. The van der Waals surface area contributed by atoms with Crippen molar-refractivity contribution < 1.29 is 0 Å². The third-order valence-electron chi connectivity index (χ3n) is 7.34. The zero-order chi connectivity index (χ0) is 25.2. The van der Waals surface area contributed by atoms with Crippen LogP contribution in [-0.4, -0.2) is 8.07 Å². The van der Waals surface area contributed by atoms with Crippen LogP contribution < -0.4 is 25.6 Å². The summed E-state index contributed by atoms with van der Waals surface area (Å²) in [5.74, 6) is 0. The van der Waals surface area contributed by atoms with Crippen LogP contribution in [0.25, 0.3) is 11.1 Å². The number of para-hydroxylation sites is 1. The standard InChI is InChI=1S/C34H26N2Si/c1-26(23-24-35)36(27-13-5-2-6-14-27)28-21-22-34-32(25-28)31-19-11-12-20-33(31)37(34,29-15-7-3-8-16-29)30-17-9-4-10-18-30/h2-23,25H,1H3/b26-23-. The molecule has 6 rings (SSSR count). The van der Waals surface area contributed by atoms with Gasteiger partial charge in [-0.1, -0.05) is 109 Å². The van der Waals surface area contributed by atoms with Gasteiger partial charge in [-0.05, 0) is 63.1 Å². The highest BCUT2D eigenvalue weighted by atomic mass is 28.3. The summed E-state index contributed by atoms with van der Waals surface area (Å²) in [7, 11) is -2.49. The second-order valence-corrected chi connectivity index (χ2v) is 13.1. The summed E-state index contributed by atoms with van der Waals surface area (Å²) in [6.45, 7) is 1.99. The number of hydrogen-bond donors (Lipinski definition) is 0. The van der Waals surface area contributed by atoms with Crippen molar-refractivity contribution in [3.8, 4) is 17.2 Å². The van der Waals surface area contributed by atoms with E-state index in [2.05, 4.69) is 126 Å². The van der Waals surface area contributed by atoms with Crippen LogP contribution in [-0.2, 0) is 0 Å². The minimum atomic E-state index is -2.49. The van der Waals surface area contributed by atoms with Crippen LogP contribution in [0.2, 0.25) is 0 Å². The van der Waals surface area contributed by atoms with Crippen LogP contribution in [0.4, 0.5) is 11.4 Å². The van der Waals surface area contributed by atoms with Gasteiger partial charge in [0.2, 0.25) is 0 Å². The maximum Gasteiger partial charge on any atom is 0.180 e. The smallest absolute Gasteiger partial charge is 0.180 e. The van der Waals surface area contributed by atoms with E-state index in [1.165, 1.54) is 31.9 Å². The van der Waals surface area contributed by atoms with Gasteiger partial charge < -0.3 is 4.90 Å². The average Bonchev–Trinajstić information content (AvgIpc) is 3.26. The van der Waals surface area contributed by atoms with E-state index in [0.29, 0.717) is 0 Å². The first kappa shape index (κ1) is 22.8. The van der Waals surface area contributed by atoms with Gasteiger partial charge in [0.15, 0.2) is 8.07 Å². The second kappa shape index (κ2) is 9.42. The van der Waals surface area contributed by atoms with Crippen LogP contribution in [0.15, 0.2) is 145 Å². The molecule has 5 aromatic rings. The molecule has 1 aliphatic rings. The Labute approximate surface area is 219 Å². The van der Waals surface area contributed by atoms with E-state index in [4.69, 9.17) is 0 Å². The lowest BCUT2D eigenvalue weighted by Gasteiger charge is -2.32. The number of allylic oxidation sites excluding steroid dienone is 2. The predicted octanol–water partition coefficient (Wildman–Crippen LogP) is 5.61. The second-order valence-electron chi connectivity index (χ2n) is 9.34. The molecular weight excluding hydrogens is 464 g/mol. The highest BCUT2D eigenvalue weighted by Crippen LogP contribution is 2.35. The van der Waals surface area contributed by atoms with Gasteiger partial charge in [-0.15, -0.1) is 0 Å². The zero-order valence-electron chi connectivity index (χ0n) is 20.7. The van der Waals surface area contributed by atoms with Gasteiger partial charge in [-0.2, -0.15) is 5.26 Å². The van der Waals surface area contributed by atoms with Gasteiger partial charge >= 0.3 is 0 Å². The van der Waals surface area contributed by atoms with Crippen molar-refractivity contribution in [2.24, 2.45) is 0 Å². The molecule has 0 spiro atoms. The summed E-state index contributed by atoms with van der Waals surface area (Å²) >= 11 is 0. The quantitative estimate of drug-likeness (QED) is 0.232. The van der Waals surface area contributed by atoms with Gasteiger partial charge in [-0.25, -0.2) is 0 Å². The number of nitriles is 1. The Kier molecular flexibility index (Phi) is 5.80. The Morgan fingerprint density at radius 3 is 1.78 bits per heavy atom. The van der Waals surface area contributed by atoms with E-state index in [0.717, 1.165) is 17.1 Å². The normalized spacial score (nSPS) is 13.4. The summed E-state index contributed by atoms with van der Waals surface area (Å²) in [6, 6.07) is 50.3.